The van der Waals surface area contributed by atoms with Gasteiger partial charge in [0.2, 0.25) is 0 Å². The predicted molar refractivity (Wildman–Crippen MR) is 114 cm³/mol. The van der Waals surface area contributed by atoms with Crippen LogP contribution in [-0.2, 0) is 9.09 Å². The van der Waals surface area contributed by atoms with Gasteiger partial charge in [0.05, 0.1) is 5.60 Å². The van der Waals surface area contributed by atoms with Crippen molar-refractivity contribution in [2.75, 3.05) is 0 Å². The maximum absolute atomic E-state index is 11.6. The summed E-state index contributed by atoms with van der Waals surface area (Å²) in [6.45, 7) is 4.48. The van der Waals surface area contributed by atoms with Crippen LogP contribution < -0.4 is 0 Å². The molecule has 0 saturated heterocycles. The number of rotatable bonds is 16. The van der Waals surface area contributed by atoms with E-state index in [-0.39, 0.29) is 0 Å². The van der Waals surface area contributed by atoms with E-state index in [2.05, 4.69) is 13.8 Å². The summed E-state index contributed by atoms with van der Waals surface area (Å²) >= 11 is 0. The minimum absolute atomic E-state index is 0.540. The lowest BCUT2D eigenvalue weighted by molar-refractivity contribution is -0.0185. The number of hydrogen-bond donors (Lipinski definition) is 2. The fourth-order valence-electron chi connectivity index (χ4n) is 4.73. The highest BCUT2D eigenvalue weighted by atomic mass is 31.2. The minimum Gasteiger partial charge on any atom is -0.303 e. The largest absolute Gasteiger partial charge is 0.470 e. The summed E-state index contributed by atoms with van der Waals surface area (Å²) in [5.41, 5.74) is -0.588. The minimum atomic E-state index is -4.44. The van der Waals surface area contributed by atoms with Crippen molar-refractivity contribution >= 4 is 7.82 Å². The molecule has 2 N–H and O–H groups in total. The van der Waals surface area contributed by atoms with Gasteiger partial charge in [-0.1, -0.05) is 110 Å². The number of hydrogen-bond acceptors (Lipinski definition) is 2. The van der Waals surface area contributed by atoms with Crippen molar-refractivity contribution in [1.29, 1.82) is 0 Å². The van der Waals surface area contributed by atoms with Gasteiger partial charge in [-0.15, -0.1) is 0 Å². The monoisotopic (exact) mass is 404 g/mol. The smallest absolute Gasteiger partial charge is 0.303 e. The maximum atomic E-state index is 11.6. The van der Waals surface area contributed by atoms with Crippen molar-refractivity contribution < 1.29 is 18.9 Å². The van der Waals surface area contributed by atoms with Crippen molar-refractivity contribution in [2.24, 2.45) is 5.92 Å². The van der Waals surface area contributed by atoms with Crippen molar-refractivity contribution in [2.45, 2.75) is 135 Å². The molecular weight excluding hydrogens is 359 g/mol. The lowest BCUT2D eigenvalue weighted by Crippen LogP contribution is -2.36. The Balaban J connectivity index is 2.59. The average Bonchev–Trinajstić information content (AvgIpc) is 2.60. The van der Waals surface area contributed by atoms with Gasteiger partial charge in [-0.05, 0) is 25.2 Å². The van der Waals surface area contributed by atoms with Crippen LogP contribution >= 0.6 is 7.82 Å². The number of phosphoric ester groups is 1. The highest BCUT2D eigenvalue weighted by Gasteiger charge is 2.40. The van der Waals surface area contributed by atoms with Crippen LogP contribution in [0.15, 0.2) is 0 Å². The van der Waals surface area contributed by atoms with E-state index in [4.69, 9.17) is 4.52 Å². The Labute approximate surface area is 168 Å². The average molecular weight is 405 g/mol. The van der Waals surface area contributed by atoms with E-state index in [0.717, 1.165) is 38.5 Å². The van der Waals surface area contributed by atoms with Gasteiger partial charge in [0.25, 0.3) is 0 Å². The van der Waals surface area contributed by atoms with Gasteiger partial charge in [0, 0.05) is 0 Å². The summed E-state index contributed by atoms with van der Waals surface area (Å²) in [7, 11) is -4.44. The molecule has 1 fully saturated rings. The third-order valence-corrected chi connectivity index (χ3v) is 6.80. The quantitative estimate of drug-likeness (QED) is 0.206. The molecule has 0 heterocycles. The van der Waals surface area contributed by atoms with Gasteiger partial charge in [-0.2, -0.15) is 0 Å². The molecule has 1 rings (SSSR count). The molecule has 0 bridgehead atoms. The summed E-state index contributed by atoms with van der Waals surface area (Å²) in [6.07, 6.45) is 20.9. The van der Waals surface area contributed by atoms with Gasteiger partial charge in [0.15, 0.2) is 0 Å². The molecule has 27 heavy (non-hydrogen) atoms. The van der Waals surface area contributed by atoms with E-state index < -0.39 is 13.4 Å². The predicted octanol–water partition coefficient (Wildman–Crippen LogP) is 7.53. The van der Waals surface area contributed by atoms with E-state index in [9.17, 15) is 14.4 Å². The van der Waals surface area contributed by atoms with E-state index in [0.29, 0.717) is 5.92 Å². The second kappa shape index (κ2) is 14.1. The first-order valence-electron chi connectivity index (χ1n) is 11.7. The summed E-state index contributed by atoms with van der Waals surface area (Å²) in [5, 5.41) is 0. The van der Waals surface area contributed by atoms with Crippen molar-refractivity contribution in [3.63, 3.8) is 0 Å². The molecule has 1 aliphatic carbocycles. The lowest BCUT2D eigenvalue weighted by atomic mass is 9.76. The van der Waals surface area contributed by atoms with E-state index >= 15 is 0 Å². The van der Waals surface area contributed by atoms with Gasteiger partial charge < -0.3 is 9.79 Å². The summed E-state index contributed by atoms with van der Waals surface area (Å²) < 4.78 is 17.1. The molecule has 0 aromatic heterocycles. The molecule has 0 aliphatic heterocycles. The molecule has 0 aromatic carbocycles. The molecule has 1 atom stereocenters. The Morgan fingerprint density at radius 1 is 0.815 bits per heavy atom. The molecule has 0 spiro atoms. The summed E-state index contributed by atoms with van der Waals surface area (Å²) in [4.78, 5) is 19.0. The van der Waals surface area contributed by atoms with Crippen molar-refractivity contribution in [3.8, 4) is 0 Å². The van der Waals surface area contributed by atoms with Gasteiger partial charge in [0.1, 0.15) is 0 Å². The zero-order chi connectivity index (χ0) is 20.0. The van der Waals surface area contributed by atoms with Crippen LogP contribution in [0.3, 0.4) is 0 Å². The fraction of sp³-hybridized carbons (Fsp3) is 1.00. The third-order valence-electron chi connectivity index (χ3n) is 6.17. The normalized spacial score (nSPS) is 18.5. The van der Waals surface area contributed by atoms with Gasteiger partial charge in [-0.3, -0.25) is 4.52 Å². The Kier molecular flexibility index (Phi) is 13.2. The van der Waals surface area contributed by atoms with Crippen molar-refractivity contribution in [3.05, 3.63) is 0 Å². The van der Waals surface area contributed by atoms with Crippen LogP contribution in [0.2, 0.25) is 0 Å². The topological polar surface area (TPSA) is 66.8 Å². The van der Waals surface area contributed by atoms with E-state index in [1.807, 2.05) is 0 Å². The van der Waals surface area contributed by atoms with Gasteiger partial charge in [-0.25, -0.2) is 4.57 Å². The van der Waals surface area contributed by atoms with Crippen LogP contribution in [0.25, 0.3) is 0 Å². The molecule has 0 amide bonds. The molecular formula is C22H45O4P. The Hall–Kier alpha value is 0.110. The highest BCUT2D eigenvalue weighted by molar-refractivity contribution is 7.46. The molecule has 0 radical (unpaired) electrons. The molecule has 162 valence electrons. The third kappa shape index (κ3) is 12.3. The molecule has 1 saturated carbocycles. The van der Waals surface area contributed by atoms with Crippen molar-refractivity contribution in [1.82, 2.24) is 0 Å². The van der Waals surface area contributed by atoms with E-state index in [1.54, 1.807) is 0 Å². The molecule has 0 aromatic rings. The van der Waals surface area contributed by atoms with E-state index in [1.165, 1.54) is 77.0 Å². The standard InChI is InChI=1S/C22H45O4P/c1-3-5-7-9-10-13-17-21(16-12-8-6-4-2)20-22(26-27(23,24)25)18-14-11-15-19-22/h21H,3-20H2,1-2H3,(H2,23,24,25). The maximum Gasteiger partial charge on any atom is 0.470 e. The highest BCUT2D eigenvalue weighted by Crippen LogP contribution is 2.50. The van der Waals surface area contributed by atoms with Crippen LogP contribution in [0, 0.1) is 5.92 Å². The zero-order valence-corrected chi connectivity index (χ0v) is 18.9. The molecule has 5 heteroatoms. The summed E-state index contributed by atoms with van der Waals surface area (Å²) in [5.74, 6) is 0.540. The first-order valence-corrected chi connectivity index (χ1v) is 13.2. The second-order valence-electron chi connectivity index (χ2n) is 8.80. The number of unbranched alkanes of at least 4 members (excludes halogenated alkanes) is 8. The van der Waals surface area contributed by atoms with Crippen LogP contribution in [0.4, 0.5) is 0 Å². The molecule has 1 aliphatic rings. The Bertz CT molecular complexity index is 401. The lowest BCUT2D eigenvalue weighted by Gasteiger charge is -2.39. The first kappa shape index (κ1) is 25.1. The van der Waals surface area contributed by atoms with Crippen LogP contribution in [-0.4, -0.2) is 15.4 Å². The van der Waals surface area contributed by atoms with Gasteiger partial charge >= 0.3 is 7.82 Å². The number of phosphoric acid groups is 1. The molecule has 1 unspecified atom stereocenters. The first-order chi connectivity index (χ1) is 12.9. The summed E-state index contributed by atoms with van der Waals surface area (Å²) in [6, 6.07) is 0. The Morgan fingerprint density at radius 2 is 1.30 bits per heavy atom. The van der Waals surface area contributed by atoms with Crippen LogP contribution in [0.1, 0.15) is 129 Å². The zero-order valence-electron chi connectivity index (χ0n) is 18.0. The molecule has 4 nitrogen and oxygen atoms in total. The fourth-order valence-corrected chi connectivity index (χ4v) is 5.49. The Morgan fingerprint density at radius 3 is 1.81 bits per heavy atom. The SMILES string of the molecule is CCCCCCCCC(CCCCCC)CC1(OP(=O)(O)O)CCCCC1. The van der Waals surface area contributed by atoms with Crippen LogP contribution in [0.5, 0.6) is 0 Å². The second-order valence-corrected chi connectivity index (χ2v) is 9.97.